The minimum atomic E-state index is -3.99. The molecular weight excluding hydrogens is 1500 g/mol. The monoisotopic (exact) mass is 1580 g/mol. The number of carbonyl (C=O) groups is 4. The van der Waals surface area contributed by atoms with Gasteiger partial charge in [0.25, 0.3) is 37.8 Å². The zero-order valence-electron chi connectivity index (χ0n) is 65.2. The van der Waals surface area contributed by atoms with E-state index in [2.05, 4.69) is 30.2 Å². The van der Waals surface area contributed by atoms with Gasteiger partial charge in [-0.1, -0.05) is 108 Å². The number of aromatic amines is 1. The molecule has 0 aliphatic rings. The molecule has 27 heteroatoms. The average Bonchev–Trinajstić information content (AvgIpc) is 1.60. The van der Waals surface area contributed by atoms with Crippen LogP contribution in [0.3, 0.4) is 0 Å². The van der Waals surface area contributed by atoms with Crippen LogP contribution in [-0.4, -0.2) is 159 Å². The highest BCUT2D eigenvalue weighted by Gasteiger charge is 2.29. The number of nitrogens with zero attached hydrogens (tertiary/aromatic N) is 9. The lowest BCUT2D eigenvalue weighted by Gasteiger charge is -2.17. The summed E-state index contributed by atoms with van der Waals surface area (Å²) in [6, 6.07) is 57.1. The first kappa shape index (κ1) is 80.5. The molecule has 584 valence electrons. The van der Waals surface area contributed by atoms with Crippen molar-refractivity contribution in [2.24, 2.45) is 4.99 Å². The normalized spacial score (nSPS) is 11.2. The number of aromatic nitrogens is 6. The molecule has 0 bridgehead atoms. The van der Waals surface area contributed by atoms with Crippen LogP contribution in [0.4, 0.5) is 21.9 Å². The quantitative estimate of drug-likeness (QED) is 0.0385. The van der Waals surface area contributed by atoms with Gasteiger partial charge in [0.05, 0.1) is 65.3 Å². The molecule has 0 atom stereocenters. The molecule has 0 saturated carbocycles. The summed E-state index contributed by atoms with van der Waals surface area (Å²) in [4.78, 5) is 86.9. The van der Waals surface area contributed by atoms with E-state index in [1.165, 1.54) is 28.7 Å². The van der Waals surface area contributed by atoms with Gasteiger partial charge in [-0.3, -0.25) is 19.7 Å². The lowest BCUT2D eigenvalue weighted by molar-refractivity contribution is 0.0821. The number of hydrogen-bond acceptors (Lipinski definition) is 18. The van der Waals surface area contributed by atoms with E-state index in [0.717, 1.165) is 61.3 Å². The summed E-state index contributed by atoms with van der Waals surface area (Å²) in [7, 11) is 6.70. The molecule has 4 N–H and O–H groups in total. The highest BCUT2D eigenvalue weighted by Crippen LogP contribution is 2.43. The number of ether oxygens (including phenoxy) is 4. The number of nitrogens with two attached hydrogens (primary N) is 1. The number of para-hydroxylation sites is 3. The second kappa shape index (κ2) is 33.9. The number of aryl methyl sites for hydroxylation is 2. The van der Waals surface area contributed by atoms with Gasteiger partial charge in [0.15, 0.2) is 11.3 Å². The van der Waals surface area contributed by atoms with Crippen molar-refractivity contribution in [3.8, 4) is 84.0 Å². The molecule has 6 aromatic heterocycles. The maximum atomic E-state index is 13.8. The Morgan fingerprint density at radius 2 is 0.878 bits per heavy atom. The number of H-pyrrole nitrogens is 1. The van der Waals surface area contributed by atoms with Gasteiger partial charge >= 0.3 is 6.09 Å². The second-order valence-electron chi connectivity index (χ2n) is 27.6. The average molecular weight is 1580 g/mol. The number of amides is 4. The highest BCUT2D eigenvalue weighted by atomic mass is 32.2. The summed E-state index contributed by atoms with van der Waals surface area (Å²) < 4.78 is 79.5. The number of nitrogen functional groups attached to an aromatic ring is 1. The molecular formula is C88H82N12O13S2. The van der Waals surface area contributed by atoms with Gasteiger partial charge < -0.3 is 44.4 Å². The van der Waals surface area contributed by atoms with E-state index >= 15 is 0 Å². The van der Waals surface area contributed by atoms with E-state index in [9.17, 15) is 40.8 Å². The van der Waals surface area contributed by atoms with E-state index < -0.39 is 26.1 Å². The summed E-state index contributed by atoms with van der Waals surface area (Å²) in [5.41, 5.74) is 20.1. The van der Waals surface area contributed by atoms with Crippen LogP contribution in [0.5, 0.6) is 17.2 Å². The minimum Gasteiger partial charge on any atom is -0.496 e. The van der Waals surface area contributed by atoms with Gasteiger partial charge in [-0.25, -0.2) is 49.3 Å². The van der Waals surface area contributed by atoms with Crippen LogP contribution in [0, 0.1) is 13.8 Å². The van der Waals surface area contributed by atoms with E-state index in [4.69, 9.17) is 24.7 Å². The van der Waals surface area contributed by atoms with Gasteiger partial charge in [-0.15, -0.1) is 0 Å². The Morgan fingerprint density at radius 3 is 1.33 bits per heavy atom. The SMILES string of the molecule is COc1ccccc1-c1c[nH]c2ncc(-c3ccc(NC(=O)OC(C)C)c(C(=O)N(C)C)c3)cc12.COc1ccccc1-c1cn(S(=O)(=O)c2ccc(C)cc2)c2ncc(-c3ccc(N)c(C(=O)N(C)C)c3)cc12.COc1ccccc1-c1cn(S(=O)(=O)c2ccc(C)cc2)c2ncc(-c3ccc(N=C=O)c(C(=O)N(C)C)c3)cc12. The fraction of sp³-hybridized carbons (Fsp3) is 0.159. The number of nitrogens with one attached hydrogen (secondary N) is 2. The van der Waals surface area contributed by atoms with Crippen molar-refractivity contribution in [3.63, 3.8) is 0 Å². The van der Waals surface area contributed by atoms with Crippen molar-refractivity contribution in [1.29, 1.82) is 0 Å². The first-order chi connectivity index (χ1) is 55.0. The van der Waals surface area contributed by atoms with Crippen molar-refractivity contribution >= 4 is 100 Å². The molecule has 14 aromatic rings. The number of hydrogen-bond donors (Lipinski definition) is 3. The topological polar surface area (TPSA) is 315 Å². The van der Waals surface area contributed by atoms with Crippen LogP contribution in [0.25, 0.3) is 99.9 Å². The molecule has 6 heterocycles. The second-order valence-corrected chi connectivity index (χ2v) is 31.2. The third-order valence-electron chi connectivity index (χ3n) is 18.8. The third-order valence-corrected chi connectivity index (χ3v) is 22.2. The Kier molecular flexibility index (Phi) is 23.7. The predicted molar refractivity (Wildman–Crippen MR) is 447 cm³/mol. The van der Waals surface area contributed by atoms with Crippen molar-refractivity contribution in [3.05, 3.63) is 259 Å². The number of isocyanates is 1. The summed E-state index contributed by atoms with van der Waals surface area (Å²) in [6.07, 6.45) is 10.6. The summed E-state index contributed by atoms with van der Waals surface area (Å²) in [5, 5.41) is 4.79. The maximum Gasteiger partial charge on any atom is 0.411 e. The minimum absolute atomic E-state index is 0.135. The molecule has 0 aliphatic carbocycles. The molecule has 4 amide bonds. The maximum absolute atomic E-state index is 13.8. The summed E-state index contributed by atoms with van der Waals surface area (Å²) >= 11 is 0. The molecule has 0 aliphatic heterocycles. The molecule has 0 radical (unpaired) electrons. The van der Waals surface area contributed by atoms with Gasteiger partial charge in [0.1, 0.15) is 22.9 Å². The van der Waals surface area contributed by atoms with Crippen LogP contribution in [-0.2, 0) is 29.6 Å². The Labute approximate surface area is 665 Å². The first-order valence-corrected chi connectivity index (χ1v) is 38.9. The lowest BCUT2D eigenvalue weighted by atomic mass is 9.99. The van der Waals surface area contributed by atoms with Crippen LogP contribution in [0.2, 0.25) is 0 Å². The molecule has 0 spiro atoms. The van der Waals surface area contributed by atoms with Crippen molar-refractivity contribution < 1.29 is 59.8 Å². The van der Waals surface area contributed by atoms with Crippen LogP contribution >= 0.6 is 0 Å². The van der Waals surface area contributed by atoms with E-state index in [0.29, 0.717) is 78.2 Å². The van der Waals surface area contributed by atoms with Gasteiger partial charge in [-0.05, 0) is 141 Å². The smallest absolute Gasteiger partial charge is 0.411 e. The number of pyridine rings is 3. The number of methoxy groups -OCH3 is 3. The number of carbonyl (C=O) groups excluding carboxylic acids is 5. The fourth-order valence-corrected chi connectivity index (χ4v) is 15.6. The van der Waals surface area contributed by atoms with Crippen molar-refractivity contribution in [2.45, 2.75) is 43.6 Å². The van der Waals surface area contributed by atoms with Crippen LogP contribution < -0.4 is 25.3 Å². The first-order valence-electron chi connectivity index (χ1n) is 36.0. The molecule has 0 unspecified atom stereocenters. The third kappa shape index (κ3) is 16.8. The Hall–Kier alpha value is -14.0. The zero-order valence-corrected chi connectivity index (χ0v) is 66.9. The standard InChI is InChI=1S/C31H26N4O5S.C30H28N4O4S.C27H28N4O4/c1-20-9-12-23(13-10-20)41(38,39)35-18-27(24-7-5-6-8-29(24)40-4)25-16-22(17-32-30(25)35)21-11-14-28(33-19-36)26(15-21)31(37)34(2)3;1-19-9-12-22(13-10-19)39(36,37)34-18-26(23-7-5-6-8-28(23)38-4)24-16-21(17-32-29(24)34)20-11-14-27(31)25(15-20)30(35)33(2)3;1-16(2)35-27(33)30-23-11-10-17(12-21(23)26(32)31(3)4)18-13-20-22(15-29-25(20)28-14-18)19-8-6-7-9-24(19)34-5/h5-18H,1-4H3;5-18H,31H2,1-4H3;6-16H,1-5H3,(H,28,29)(H,30,33). The number of benzene rings is 8. The Balaban J connectivity index is 0.000000160. The van der Waals surface area contributed by atoms with Gasteiger partial charge in [0, 0.05) is 151 Å². The van der Waals surface area contributed by atoms with Gasteiger partial charge in [-0.2, -0.15) is 4.99 Å². The molecule has 0 saturated heterocycles. The summed E-state index contributed by atoms with van der Waals surface area (Å²) in [5.74, 6) is 1.15. The zero-order chi connectivity index (χ0) is 82.3. The van der Waals surface area contributed by atoms with Crippen LogP contribution in [0.1, 0.15) is 56.0 Å². The van der Waals surface area contributed by atoms with Crippen molar-refractivity contribution in [2.75, 3.05) is 74.7 Å². The molecule has 8 aromatic carbocycles. The van der Waals surface area contributed by atoms with Crippen LogP contribution in [0.15, 0.2) is 246 Å². The van der Waals surface area contributed by atoms with E-state index in [1.807, 2.05) is 117 Å². The van der Waals surface area contributed by atoms with Crippen molar-refractivity contribution in [1.82, 2.24) is 42.6 Å². The molecule has 25 nitrogen and oxygen atoms in total. The lowest BCUT2D eigenvalue weighted by Crippen LogP contribution is -2.25. The summed E-state index contributed by atoms with van der Waals surface area (Å²) in [6.45, 7) is 7.31. The molecule has 14 rings (SSSR count). The largest absolute Gasteiger partial charge is 0.496 e. The highest BCUT2D eigenvalue weighted by molar-refractivity contribution is 7.90. The Morgan fingerprint density at radius 1 is 0.478 bits per heavy atom. The van der Waals surface area contributed by atoms with E-state index in [1.54, 1.807) is 206 Å². The number of fused-ring (bicyclic) bond motifs is 3. The van der Waals surface area contributed by atoms with Gasteiger partial charge in [0.2, 0.25) is 6.08 Å². The predicted octanol–water partition coefficient (Wildman–Crippen LogP) is 16.4. The number of rotatable bonds is 19. The number of aliphatic imine (C=N–C) groups is 1. The molecule has 115 heavy (non-hydrogen) atoms. The Bertz CT molecular complexity index is 6380. The fourth-order valence-electron chi connectivity index (χ4n) is 12.9. The molecule has 0 fully saturated rings. The van der Waals surface area contributed by atoms with E-state index in [-0.39, 0.29) is 56.2 Å². The number of anilines is 2.